The van der Waals surface area contributed by atoms with E-state index in [9.17, 15) is 9.90 Å². The summed E-state index contributed by atoms with van der Waals surface area (Å²) in [4.78, 5) is 13.3. The van der Waals surface area contributed by atoms with Gasteiger partial charge in [0.25, 0.3) is 0 Å². The molecule has 0 radical (unpaired) electrons. The molecule has 1 aromatic heterocycles. The molecule has 0 spiro atoms. The van der Waals surface area contributed by atoms with Gasteiger partial charge in [-0.15, -0.1) is 0 Å². The standard InChI is InChI=1S/C20H21NO5/c1-2-24-18-12-14(9-11-17-19(22)21-20(23)26-17)8-10-16(18)25-13-15-6-4-3-5-7-15/h3-8,10,12,22H,2,9,11,13H2,1H3,(H,21,23). The zero-order chi connectivity index (χ0) is 18.4. The van der Waals surface area contributed by atoms with Crippen molar-refractivity contribution in [3.63, 3.8) is 0 Å². The lowest BCUT2D eigenvalue weighted by atomic mass is 10.1. The summed E-state index contributed by atoms with van der Waals surface area (Å²) in [5, 5.41) is 9.58. The average Bonchev–Trinajstić information content (AvgIpc) is 2.97. The highest BCUT2D eigenvalue weighted by molar-refractivity contribution is 5.43. The van der Waals surface area contributed by atoms with Crippen molar-refractivity contribution in [1.82, 2.24) is 4.98 Å². The fourth-order valence-corrected chi connectivity index (χ4v) is 2.61. The Labute approximate surface area is 151 Å². The first kappa shape index (κ1) is 17.7. The SMILES string of the molecule is CCOc1cc(CCc2oc(=O)[nH]c2O)ccc1OCc1ccccc1. The summed E-state index contributed by atoms with van der Waals surface area (Å²) in [6, 6.07) is 15.6. The van der Waals surface area contributed by atoms with E-state index in [1.165, 1.54) is 0 Å². The van der Waals surface area contributed by atoms with Gasteiger partial charge in [-0.05, 0) is 36.6 Å². The Kier molecular flexibility index (Phi) is 5.63. The Bertz CT molecular complexity index is 898. The van der Waals surface area contributed by atoms with Crippen LogP contribution in [0.2, 0.25) is 0 Å². The normalized spacial score (nSPS) is 10.7. The van der Waals surface area contributed by atoms with Gasteiger partial charge in [0.05, 0.1) is 6.61 Å². The predicted molar refractivity (Wildman–Crippen MR) is 96.8 cm³/mol. The Hall–Kier alpha value is -3.15. The first-order valence-electron chi connectivity index (χ1n) is 8.49. The molecule has 2 N–H and O–H groups in total. The van der Waals surface area contributed by atoms with E-state index in [1.54, 1.807) is 0 Å². The topological polar surface area (TPSA) is 84.7 Å². The van der Waals surface area contributed by atoms with Crippen molar-refractivity contribution in [3.05, 3.63) is 76.0 Å². The molecule has 3 rings (SSSR count). The molecule has 0 aliphatic rings. The highest BCUT2D eigenvalue weighted by Crippen LogP contribution is 2.30. The van der Waals surface area contributed by atoms with Gasteiger partial charge >= 0.3 is 5.76 Å². The number of aromatic hydroxyl groups is 1. The summed E-state index contributed by atoms with van der Waals surface area (Å²) in [5.74, 6) is 0.716. The quantitative estimate of drug-likeness (QED) is 0.647. The number of H-pyrrole nitrogens is 1. The lowest BCUT2D eigenvalue weighted by molar-refractivity contribution is 0.269. The van der Waals surface area contributed by atoms with E-state index in [0.29, 0.717) is 37.6 Å². The molecule has 26 heavy (non-hydrogen) atoms. The number of hydrogen-bond acceptors (Lipinski definition) is 5. The second kappa shape index (κ2) is 8.29. The second-order valence-electron chi connectivity index (χ2n) is 5.77. The van der Waals surface area contributed by atoms with Gasteiger partial charge in [0.2, 0.25) is 5.88 Å². The molecule has 2 aromatic carbocycles. The van der Waals surface area contributed by atoms with Crippen molar-refractivity contribution in [1.29, 1.82) is 0 Å². The second-order valence-corrected chi connectivity index (χ2v) is 5.77. The first-order chi connectivity index (χ1) is 12.7. The molecule has 1 heterocycles. The molecule has 0 aliphatic heterocycles. The minimum absolute atomic E-state index is 0.220. The maximum absolute atomic E-state index is 11.1. The van der Waals surface area contributed by atoms with E-state index >= 15 is 0 Å². The molecular weight excluding hydrogens is 334 g/mol. The third kappa shape index (κ3) is 4.47. The van der Waals surface area contributed by atoms with Crippen LogP contribution in [0.5, 0.6) is 17.4 Å². The molecule has 0 saturated heterocycles. The van der Waals surface area contributed by atoms with E-state index in [1.807, 2.05) is 55.5 Å². The molecule has 0 bridgehead atoms. The molecule has 3 aromatic rings. The van der Waals surface area contributed by atoms with Crippen LogP contribution in [0.3, 0.4) is 0 Å². The Morgan fingerprint density at radius 3 is 2.50 bits per heavy atom. The monoisotopic (exact) mass is 355 g/mol. The molecule has 6 heteroatoms. The highest BCUT2D eigenvalue weighted by atomic mass is 16.5. The van der Waals surface area contributed by atoms with Crippen molar-refractivity contribution >= 4 is 0 Å². The molecule has 136 valence electrons. The van der Waals surface area contributed by atoms with Crippen molar-refractivity contribution in [2.24, 2.45) is 0 Å². The zero-order valence-corrected chi connectivity index (χ0v) is 14.5. The lowest BCUT2D eigenvalue weighted by Gasteiger charge is -2.13. The van der Waals surface area contributed by atoms with Gasteiger partial charge in [-0.1, -0.05) is 36.4 Å². The van der Waals surface area contributed by atoms with Gasteiger partial charge in [0.15, 0.2) is 17.3 Å². The number of aryl methyl sites for hydroxylation is 2. The fraction of sp³-hybridized carbons (Fsp3) is 0.250. The number of aromatic nitrogens is 1. The maximum atomic E-state index is 11.1. The Morgan fingerprint density at radius 1 is 1.00 bits per heavy atom. The molecule has 0 amide bonds. The number of oxazole rings is 1. The smallest absolute Gasteiger partial charge is 0.419 e. The van der Waals surface area contributed by atoms with E-state index in [0.717, 1.165) is 11.1 Å². The number of rotatable bonds is 8. The van der Waals surface area contributed by atoms with Crippen LogP contribution in [0.15, 0.2) is 57.7 Å². The molecule has 0 fully saturated rings. The van der Waals surface area contributed by atoms with E-state index in [4.69, 9.17) is 13.9 Å². The average molecular weight is 355 g/mol. The fourth-order valence-electron chi connectivity index (χ4n) is 2.61. The van der Waals surface area contributed by atoms with E-state index < -0.39 is 5.76 Å². The van der Waals surface area contributed by atoms with Crippen molar-refractivity contribution in [3.8, 4) is 17.4 Å². The number of hydrogen-bond donors (Lipinski definition) is 2. The summed E-state index contributed by atoms with van der Waals surface area (Å²) >= 11 is 0. The molecule has 0 atom stereocenters. The van der Waals surface area contributed by atoms with Crippen LogP contribution in [-0.2, 0) is 19.4 Å². The Morgan fingerprint density at radius 2 is 1.81 bits per heavy atom. The number of nitrogens with one attached hydrogen (secondary N) is 1. The van der Waals surface area contributed by atoms with Gasteiger partial charge in [0.1, 0.15) is 6.61 Å². The van der Waals surface area contributed by atoms with Gasteiger partial charge < -0.3 is 19.0 Å². The maximum Gasteiger partial charge on any atom is 0.419 e. The molecule has 0 unspecified atom stereocenters. The van der Waals surface area contributed by atoms with Gasteiger partial charge in [-0.25, -0.2) is 4.79 Å². The van der Waals surface area contributed by atoms with Crippen LogP contribution in [0, 0.1) is 0 Å². The molecular formula is C20H21NO5. The number of benzene rings is 2. The summed E-state index contributed by atoms with van der Waals surface area (Å²) in [6.45, 7) is 2.90. The third-order valence-corrected chi connectivity index (χ3v) is 3.89. The number of ether oxygens (including phenoxy) is 2. The van der Waals surface area contributed by atoms with Crippen LogP contribution in [0.4, 0.5) is 0 Å². The predicted octanol–water partition coefficient (Wildman–Crippen LogP) is 3.44. The van der Waals surface area contributed by atoms with Crippen molar-refractivity contribution in [2.75, 3.05) is 6.61 Å². The summed E-state index contributed by atoms with van der Waals surface area (Å²) in [5.41, 5.74) is 2.07. The third-order valence-electron chi connectivity index (χ3n) is 3.89. The van der Waals surface area contributed by atoms with Crippen LogP contribution < -0.4 is 15.2 Å². The van der Waals surface area contributed by atoms with Crippen LogP contribution in [0.1, 0.15) is 23.8 Å². The molecule has 0 aliphatic carbocycles. The first-order valence-corrected chi connectivity index (χ1v) is 8.49. The minimum atomic E-state index is -0.655. The van der Waals surface area contributed by atoms with Gasteiger partial charge in [0, 0.05) is 6.42 Å². The van der Waals surface area contributed by atoms with Crippen molar-refractivity contribution < 1.29 is 19.0 Å². The summed E-state index contributed by atoms with van der Waals surface area (Å²) < 4.78 is 16.5. The highest BCUT2D eigenvalue weighted by Gasteiger charge is 2.11. The van der Waals surface area contributed by atoms with Crippen LogP contribution in [-0.4, -0.2) is 16.7 Å². The molecule has 0 saturated carbocycles. The largest absolute Gasteiger partial charge is 0.492 e. The molecule has 6 nitrogen and oxygen atoms in total. The Balaban J connectivity index is 1.69. The van der Waals surface area contributed by atoms with E-state index in [2.05, 4.69) is 4.98 Å². The summed E-state index contributed by atoms with van der Waals surface area (Å²) in [7, 11) is 0. The zero-order valence-electron chi connectivity index (χ0n) is 14.5. The lowest BCUT2D eigenvalue weighted by Crippen LogP contribution is -2.01. The van der Waals surface area contributed by atoms with Crippen LogP contribution in [0.25, 0.3) is 0 Å². The summed E-state index contributed by atoms with van der Waals surface area (Å²) in [6.07, 6.45) is 0.994. The van der Waals surface area contributed by atoms with Crippen molar-refractivity contribution in [2.45, 2.75) is 26.4 Å². The minimum Gasteiger partial charge on any atom is -0.492 e. The number of aromatic amines is 1. The van der Waals surface area contributed by atoms with E-state index in [-0.39, 0.29) is 11.6 Å². The van der Waals surface area contributed by atoms with Gasteiger partial charge in [-0.3, -0.25) is 4.98 Å². The van der Waals surface area contributed by atoms with Crippen LogP contribution >= 0.6 is 0 Å². The van der Waals surface area contributed by atoms with Gasteiger partial charge in [-0.2, -0.15) is 0 Å².